The van der Waals surface area contributed by atoms with Crippen LogP contribution in [0.3, 0.4) is 0 Å². The number of allylic oxidation sites excluding steroid dienone is 1. The number of fused-ring (bicyclic) bond motifs is 1. The second-order valence-electron chi connectivity index (χ2n) is 7.18. The van der Waals surface area contributed by atoms with Gasteiger partial charge in [0.25, 0.3) is 0 Å². The van der Waals surface area contributed by atoms with E-state index in [-0.39, 0.29) is 17.7 Å². The van der Waals surface area contributed by atoms with Crippen LogP contribution in [0.2, 0.25) is 0 Å². The number of nitrogens with one attached hydrogen (secondary N) is 2. The molecule has 0 saturated carbocycles. The zero-order chi connectivity index (χ0) is 21.0. The van der Waals surface area contributed by atoms with Crippen LogP contribution in [0.4, 0.5) is 11.5 Å². The van der Waals surface area contributed by atoms with Crippen LogP contribution in [0.25, 0.3) is 5.57 Å². The van der Waals surface area contributed by atoms with Crippen molar-refractivity contribution in [1.29, 1.82) is 0 Å². The van der Waals surface area contributed by atoms with Crippen molar-refractivity contribution in [2.75, 3.05) is 17.7 Å². The Kier molecular flexibility index (Phi) is 6.07. The highest BCUT2D eigenvalue weighted by Gasteiger charge is 2.17. The van der Waals surface area contributed by atoms with Crippen LogP contribution in [0, 0.1) is 0 Å². The van der Waals surface area contributed by atoms with Gasteiger partial charge in [-0.2, -0.15) is 0 Å². The first-order valence-electron chi connectivity index (χ1n) is 9.41. The van der Waals surface area contributed by atoms with Gasteiger partial charge in [-0.3, -0.25) is 14.4 Å². The normalized spacial score (nSPS) is 13.3. The van der Waals surface area contributed by atoms with Gasteiger partial charge in [-0.15, -0.1) is 0 Å². The number of aryl methyl sites for hydroxylation is 1. The third-order valence-corrected chi connectivity index (χ3v) is 4.71. The van der Waals surface area contributed by atoms with Crippen molar-refractivity contribution in [3.05, 3.63) is 59.3 Å². The van der Waals surface area contributed by atoms with Crippen LogP contribution in [0.5, 0.6) is 0 Å². The van der Waals surface area contributed by atoms with E-state index in [1.54, 1.807) is 24.2 Å². The third-order valence-electron chi connectivity index (χ3n) is 4.71. The van der Waals surface area contributed by atoms with E-state index in [4.69, 9.17) is 0 Å². The lowest BCUT2D eigenvalue weighted by molar-refractivity contribution is -0.125. The molecular weight excluding hydrogens is 368 g/mol. The summed E-state index contributed by atoms with van der Waals surface area (Å²) in [7, 11) is 1.74. The van der Waals surface area contributed by atoms with Gasteiger partial charge in [0, 0.05) is 44.9 Å². The molecule has 0 atom stereocenters. The molecule has 29 heavy (non-hydrogen) atoms. The van der Waals surface area contributed by atoms with E-state index in [9.17, 15) is 14.4 Å². The fourth-order valence-electron chi connectivity index (χ4n) is 3.10. The molecule has 1 aromatic heterocycles. The molecule has 0 aliphatic carbocycles. The number of anilines is 2. The molecule has 7 heteroatoms. The van der Waals surface area contributed by atoms with Gasteiger partial charge in [0.2, 0.25) is 17.7 Å². The Hall–Kier alpha value is -3.48. The zero-order valence-electron chi connectivity index (χ0n) is 16.8. The summed E-state index contributed by atoms with van der Waals surface area (Å²) in [4.78, 5) is 41.1. The van der Waals surface area contributed by atoms with Crippen molar-refractivity contribution in [3.63, 3.8) is 0 Å². The van der Waals surface area contributed by atoms with Crippen molar-refractivity contribution in [2.45, 2.75) is 33.2 Å². The molecule has 1 aliphatic rings. The molecule has 2 aromatic rings. The molecular formula is C22H24N4O3. The number of rotatable bonds is 5. The van der Waals surface area contributed by atoms with Crippen LogP contribution in [-0.2, 0) is 27.3 Å². The van der Waals surface area contributed by atoms with Crippen molar-refractivity contribution < 1.29 is 14.4 Å². The molecule has 0 unspecified atom stereocenters. The van der Waals surface area contributed by atoms with Gasteiger partial charge in [0.15, 0.2) is 0 Å². The van der Waals surface area contributed by atoms with E-state index < -0.39 is 0 Å². The van der Waals surface area contributed by atoms with Crippen LogP contribution in [0.1, 0.15) is 37.0 Å². The minimum absolute atomic E-state index is 0.0214. The summed E-state index contributed by atoms with van der Waals surface area (Å²) in [5.74, 6) is 0.347. The van der Waals surface area contributed by atoms with Crippen molar-refractivity contribution >= 4 is 34.8 Å². The molecule has 0 spiro atoms. The largest absolute Gasteiger partial charge is 0.338 e. The molecule has 1 aliphatic heterocycles. The van der Waals surface area contributed by atoms with E-state index in [0.29, 0.717) is 25.2 Å². The second-order valence-corrected chi connectivity index (χ2v) is 7.18. The van der Waals surface area contributed by atoms with Crippen LogP contribution < -0.4 is 10.6 Å². The fraction of sp³-hybridized carbons (Fsp3) is 0.273. The predicted molar refractivity (Wildman–Crippen MR) is 112 cm³/mol. The summed E-state index contributed by atoms with van der Waals surface area (Å²) >= 11 is 0. The average Bonchev–Trinajstić information content (AvgIpc) is 2.68. The maximum atomic E-state index is 12.6. The third kappa shape index (κ3) is 5.28. The van der Waals surface area contributed by atoms with Crippen LogP contribution in [0.15, 0.2) is 42.6 Å². The second kappa shape index (κ2) is 8.68. The molecule has 2 heterocycles. The number of pyridine rings is 1. The van der Waals surface area contributed by atoms with Gasteiger partial charge in [-0.25, -0.2) is 4.98 Å². The molecule has 0 bridgehead atoms. The summed E-state index contributed by atoms with van der Waals surface area (Å²) in [5.41, 5.74) is 4.35. The summed E-state index contributed by atoms with van der Waals surface area (Å²) in [6, 6.07) is 9.36. The van der Waals surface area contributed by atoms with Crippen LogP contribution >= 0.6 is 0 Å². The maximum absolute atomic E-state index is 12.6. The Morgan fingerprint density at radius 3 is 2.62 bits per heavy atom. The summed E-state index contributed by atoms with van der Waals surface area (Å²) in [6.45, 7) is 3.79. The molecule has 0 radical (unpaired) electrons. The fourth-order valence-corrected chi connectivity index (χ4v) is 3.10. The monoisotopic (exact) mass is 392 g/mol. The van der Waals surface area contributed by atoms with Gasteiger partial charge in [-0.1, -0.05) is 12.1 Å². The number of carbonyl (C=O) groups excluding carboxylic acids is 3. The number of amides is 3. The molecule has 1 aromatic carbocycles. The van der Waals surface area contributed by atoms with Crippen molar-refractivity contribution in [2.24, 2.45) is 0 Å². The lowest BCUT2D eigenvalue weighted by Gasteiger charge is -2.18. The van der Waals surface area contributed by atoms with Crippen LogP contribution in [-0.4, -0.2) is 34.7 Å². The quantitative estimate of drug-likeness (QED) is 0.766. The molecule has 150 valence electrons. The minimum atomic E-state index is -0.121. The molecule has 0 saturated heterocycles. The first-order chi connectivity index (χ1) is 13.8. The Bertz CT molecular complexity index is 980. The average molecular weight is 392 g/mol. The Morgan fingerprint density at radius 1 is 1.21 bits per heavy atom. The topological polar surface area (TPSA) is 91.4 Å². The molecule has 0 fully saturated rings. The number of hydrogen-bond donors (Lipinski definition) is 2. The van der Waals surface area contributed by atoms with Gasteiger partial charge < -0.3 is 15.5 Å². The SMILES string of the molecule is CC(=O)Nc1ccc(CN(C)C(=O)/C=C(\C)c2cnc3c(c2)CCC(=O)N3)cc1. The van der Waals surface area contributed by atoms with E-state index in [1.165, 1.54) is 6.92 Å². The van der Waals surface area contributed by atoms with E-state index in [2.05, 4.69) is 15.6 Å². The summed E-state index contributed by atoms with van der Waals surface area (Å²) in [6.07, 6.45) is 4.36. The standard InChI is InChI=1S/C22H24N4O3/c1-14(18-11-17-6-9-20(28)25-22(17)23-12-18)10-21(29)26(3)13-16-4-7-19(8-5-16)24-15(2)27/h4-5,7-8,10-12H,6,9,13H2,1-3H3,(H,24,27)(H,23,25,28)/b14-10+. The number of benzene rings is 1. The van der Waals surface area contributed by atoms with Crippen molar-refractivity contribution in [3.8, 4) is 0 Å². The first kappa shape index (κ1) is 20.3. The molecule has 2 N–H and O–H groups in total. The Morgan fingerprint density at radius 2 is 1.93 bits per heavy atom. The highest BCUT2D eigenvalue weighted by molar-refractivity contribution is 5.95. The molecule has 7 nitrogen and oxygen atoms in total. The number of likely N-dealkylation sites (N-methyl/N-ethyl adjacent to an activating group) is 1. The number of nitrogens with zero attached hydrogens (tertiary/aromatic N) is 2. The van der Waals surface area contributed by atoms with Crippen molar-refractivity contribution in [1.82, 2.24) is 9.88 Å². The number of carbonyl (C=O) groups is 3. The van der Waals surface area contributed by atoms with Gasteiger partial charge in [-0.05, 0) is 53.8 Å². The minimum Gasteiger partial charge on any atom is -0.338 e. The lowest BCUT2D eigenvalue weighted by Crippen LogP contribution is -2.24. The number of aromatic nitrogens is 1. The predicted octanol–water partition coefficient (Wildman–Crippen LogP) is 2.99. The lowest BCUT2D eigenvalue weighted by atomic mass is 10.0. The molecule has 3 amide bonds. The van der Waals surface area contributed by atoms with E-state index in [1.807, 2.05) is 37.3 Å². The summed E-state index contributed by atoms with van der Waals surface area (Å²) < 4.78 is 0. The summed E-state index contributed by atoms with van der Waals surface area (Å²) in [5, 5.41) is 5.48. The first-order valence-corrected chi connectivity index (χ1v) is 9.41. The van der Waals surface area contributed by atoms with Gasteiger partial charge in [0.1, 0.15) is 5.82 Å². The Labute approximate surface area is 169 Å². The van der Waals surface area contributed by atoms with E-state index >= 15 is 0 Å². The zero-order valence-corrected chi connectivity index (χ0v) is 16.8. The highest BCUT2D eigenvalue weighted by Crippen LogP contribution is 2.24. The van der Waals surface area contributed by atoms with E-state index in [0.717, 1.165) is 28.0 Å². The van der Waals surface area contributed by atoms with Gasteiger partial charge in [0.05, 0.1) is 0 Å². The maximum Gasteiger partial charge on any atom is 0.246 e. The Balaban J connectivity index is 1.65. The highest BCUT2D eigenvalue weighted by atomic mass is 16.2. The molecule has 3 rings (SSSR count). The smallest absolute Gasteiger partial charge is 0.246 e. The number of hydrogen-bond acceptors (Lipinski definition) is 4. The van der Waals surface area contributed by atoms with Gasteiger partial charge >= 0.3 is 0 Å².